The van der Waals surface area contributed by atoms with Crippen molar-refractivity contribution in [1.82, 2.24) is 0 Å². The summed E-state index contributed by atoms with van der Waals surface area (Å²) in [5.41, 5.74) is 0. The summed E-state index contributed by atoms with van der Waals surface area (Å²) >= 11 is 7.84. The average molecular weight is 450 g/mol. The van der Waals surface area contributed by atoms with Crippen LogP contribution in [0.1, 0.15) is 19.8 Å². The molecule has 0 aromatic carbocycles. The first-order chi connectivity index (χ1) is 12.0. The van der Waals surface area contributed by atoms with Gasteiger partial charge in [0.05, 0.1) is 43.6 Å². The fourth-order valence-corrected chi connectivity index (χ4v) is 5.48. The normalized spacial score (nSPS) is 39.6. The Balaban J connectivity index is 1.89. The van der Waals surface area contributed by atoms with Gasteiger partial charge in [-0.15, -0.1) is 0 Å². The summed E-state index contributed by atoms with van der Waals surface area (Å²) in [6.45, 7) is -5.63. The standard InChI is InChI=1S/C12H25BO9P2S2/c1-7-3-9(21-23(15,25)17-2)11(19-7)6-18-24(16,26)22-10-4-8(5-14)20-12(10)13/h7-12,14H,3-6,13H2,1-2H3,(H,15,25)(H,16,26)/t7-,8-,9?,10-,11+,12+,23?,24?/m0/s1. The predicted octanol–water partition coefficient (Wildman–Crippen LogP) is 1.41. The van der Waals surface area contributed by atoms with E-state index in [9.17, 15) is 9.13 Å². The average Bonchev–Trinajstić information content (AvgIpc) is 3.07. The maximum absolute atomic E-state index is 12.5. The summed E-state index contributed by atoms with van der Waals surface area (Å²) in [4.78, 5) is 0. The monoisotopic (exact) mass is 450 g/mol. The number of aliphatic hydroxyl groups excluding tert-OH is 1. The maximum Gasteiger partial charge on any atom is 0.386 e. The second kappa shape index (κ2) is 9.63. The van der Waals surface area contributed by atoms with Crippen molar-refractivity contribution in [1.29, 1.82) is 0 Å². The summed E-state index contributed by atoms with van der Waals surface area (Å²) in [5, 5.41) is 9.14. The first kappa shape index (κ1) is 23.2. The minimum absolute atomic E-state index is 0.126. The van der Waals surface area contributed by atoms with Crippen molar-refractivity contribution in [3.8, 4) is 0 Å². The van der Waals surface area contributed by atoms with Crippen molar-refractivity contribution >= 4 is 45.9 Å². The van der Waals surface area contributed by atoms with E-state index >= 15 is 0 Å². The first-order valence-corrected chi connectivity index (χ1v) is 13.6. The third-order valence-electron chi connectivity index (χ3n) is 4.19. The van der Waals surface area contributed by atoms with Crippen LogP contribution in [0.4, 0.5) is 0 Å². The Morgan fingerprint density at radius 2 is 1.81 bits per heavy atom. The Kier molecular flexibility index (Phi) is 8.60. The summed E-state index contributed by atoms with van der Waals surface area (Å²) in [6.07, 6.45) is -1.37. The molecule has 2 fully saturated rings. The fourth-order valence-electron chi connectivity index (χ4n) is 2.91. The lowest BCUT2D eigenvalue weighted by molar-refractivity contribution is -0.0107. The molecule has 152 valence electrons. The van der Waals surface area contributed by atoms with Crippen molar-refractivity contribution in [2.75, 3.05) is 20.3 Å². The SMILES string of the molecule is B[C@@H]1O[C@H](CO)C[C@@H]1OP(=O)(S)OC[C@H]1O[C@@H](C)CC1OP(=O)(S)OC. The van der Waals surface area contributed by atoms with Crippen LogP contribution in [-0.2, 0) is 36.7 Å². The van der Waals surface area contributed by atoms with Gasteiger partial charge in [0.1, 0.15) is 14.0 Å². The highest BCUT2D eigenvalue weighted by Gasteiger charge is 2.41. The lowest BCUT2D eigenvalue weighted by Crippen LogP contribution is -2.28. The van der Waals surface area contributed by atoms with Gasteiger partial charge in [-0.2, -0.15) is 0 Å². The van der Waals surface area contributed by atoms with Gasteiger partial charge in [-0.05, 0) is 6.92 Å². The third kappa shape index (κ3) is 6.78. The van der Waals surface area contributed by atoms with Crippen LogP contribution >= 0.6 is 38.1 Å². The van der Waals surface area contributed by atoms with Crippen molar-refractivity contribution in [2.45, 2.75) is 56.3 Å². The van der Waals surface area contributed by atoms with E-state index in [4.69, 9.17) is 32.7 Å². The molecule has 0 spiro atoms. The van der Waals surface area contributed by atoms with E-state index in [2.05, 4.69) is 24.5 Å². The van der Waals surface area contributed by atoms with Crippen LogP contribution in [0.5, 0.6) is 0 Å². The van der Waals surface area contributed by atoms with Crippen LogP contribution in [0.25, 0.3) is 0 Å². The van der Waals surface area contributed by atoms with Crippen LogP contribution in [0.3, 0.4) is 0 Å². The van der Waals surface area contributed by atoms with E-state index < -0.39 is 31.9 Å². The molecule has 3 unspecified atom stereocenters. The van der Waals surface area contributed by atoms with Gasteiger partial charge in [0.25, 0.3) is 0 Å². The summed E-state index contributed by atoms with van der Waals surface area (Å²) in [6, 6.07) is -0.341. The Hall–Kier alpha value is 0.945. The highest BCUT2D eigenvalue weighted by Crippen LogP contribution is 2.57. The van der Waals surface area contributed by atoms with E-state index in [-0.39, 0.29) is 31.4 Å². The number of hydrogen-bond donors (Lipinski definition) is 3. The molecule has 0 aliphatic carbocycles. The highest BCUT2D eigenvalue weighted by molar-refractivity contribution is 8.44. The molecule has 2 saturated heterocycles. The zero-order chi connectivity index (χ0) is 19.5. The zero-order valence-electron chi connectivity index (χ0n) is 14.8. The van der Waals surface area contributed by atoms with Crippen molar-refractivity contribution in [3.63, 3.8) is 0 Å². The zero-order valence-corrected chi connectivity index (χ0v) is 18.4. The summed E-state index contributed by atoms with van der Waals surface area (Å²) in [7, 11) is 2.99. The van der Waals surface area contributed by atoms with Gasteiger partial charge < -0.3 is 19.1 Å². The first-order valence-electron chi connectivity index (χ1n) is 8.19. The Bertz CT molecular complexity index is 571. The number of rotatable bonds is 9. The number of ether oxygens (including phenoxy) is 2. The van der Waals surface area contributed by atoms with E-state index in [1.54, 1.807) is 7.85 Å². The molecule has 0 amide bonds. The van der Waals surface area contributed by atoms with E-state index in [1.165, 1.54) is 7.11 Å². The number of thiol groups is 2. The van der Waals surface area contributed by atoms with E-state index in [0.29, 0.717) is 12.8 Å². The predicted molar refractivity (Wildman–Crippen MR) is 104 cm³/mol. The highest BCUT2D eigenvalue weighted by atomic mass is 32.7. The molecule has 2 heterocycles. The Morgan fingerprint density at radius 1 is 1.15 bits per heavy atom. The molecule has 0 aromatic rings. The number of aliphatic hydroxyl groups is 1. The molecule has 2 aliphatic heterocycles. The largest absolute Gasteiger partial charge is 0.394 e. The second-order valence-electron chi connectivity index (χ2n) is 6.31. The molecule has 0 saturated carbocycles. The van der Waals surface area contributed by atoms with Crippen molar-refractivity contribution < 1.29 is 41.8 Å². The van der Waals surface area contributed by atoms with Gasteiger partial charge in [-0.25, -0.2) is 9.13 Å². The lowest BCUT2D eigenvalue weighted by atomic mass is 9.95. The van der Waals surface area contributed by atoms with Crippen molar-refractivity contribution in [2.24, 2.45) is 0 Å². The van der Waals surface area contributed by atoms with E-state index in [0.717, 1.165) is 0 Å². The lowest BCUT2D eigenvalue weighted by Gasteiger charge is -2.24. The molecule has 14 heteroatoms. The van der Waals surface area contributed by atoms with Crippen LogP contribution in [-0.4, -0.2) is 69.8 Å². The second-order valence-corrected chi connectivity index (χ2v) is 12.2. The van der Waals surface area contributed by atoms with Crippen LogP contribution in [0, 0.1) is 0 Å². The Morgan fingerprint density at radius 3 is 2.38 bits per heavy atom. The van der Waals surface area contributed by atoms with Crippen LogP contribution in [0.2, 0.25) is 0 Å². The molecule has 8 atom stereocenters. The maximum atomic E-state index is 12.5. The minimum Gasteiger partial charge on any atom is -0.394 e. The third-order valence-corrected chi connectivity index (χ3v) is 7.60. The summed E-state index contributed by atoms with van der Waals surface area (Å²) < 4.78 is 56.4. The quantitative estimate of drug-likeness (QED) is 0.273. The molecule has 0 bridgehead atoms. The number of hydrogen-bond acceptors (Lipinski definition) is 9. The van der Waals surface area contributed by atoms with Gasteiger partial charge in [-0.3, -0.25) is 13.6 Å². The molecular weight excluding hydrogens is 425 g/mol. The molecule has 1 N–H and O–H groups in total. The van der Waals surface area contributed by atoms with Gasteiger partial charge in [0.15, 0.2) is 0 Å². The molecule has 2 rings (SSSR count). The molecule has 26 heavy (non-hydrogen) atoms. The smallest absolute Gasteiger partial charge is 0.386 e. The molecule has 0 aromatic heterocycles. The van der Waals surface area contributed by atoms with Crippen LogP contribution < -0.4 is 0 Å². The Labute approximate surface area is 164 Å². The van der Waals surface area contributed by atoms with Gasteiger partial charge in [0.2, 0.25) is 0 Å². The van der Waals surface area contributed by atoms with Gasteiger partial charge >= 0.3 is 13.6 Å². The van der Waals surface area contributed by atoms with E-state index in [1.807, 2.05) is 6.92 Å². The minimum atomic E-state index is -3.70. The topological polar surface area (TPSA) is 110 Å². The molecule has 0 radical (unpaired) electrons. The molecule has 2 aliphatic rings. The fraction of sp³-hybridized carbons (Fsp3) is 1.00. The molecule has 9 nitrogen and oxygen atoms in total. The summed E-state index contributed by atoms with van der Waals surface area (Å²) in [5.74, 6) is 0. The van der Waals surface area contributed by atoms with Gasteiger partial charge in [0, 0.05) is 20.0 Å². The van der Waals surface area contributed by atoms with Gasteiger partial charge in [-0.1, -0.05) is 24.5 Å². The van der Waals surface area contributed by atoms with Crippen molar-refractivity contribution in [3.05, 3.63) is 0 Å². The molecular formula is C12H25BO9P2S2. The van der Waals surface area contributed by atoms with Crippen LogP contribution in [0.15, 0.2) is 0 Å².